The van der Waals surface area contributed by atoms with Gasteiger partial charge in [0.1, 0.15) is 5.75 Å². The van der Waals surface area contributed by atoms with Crippen LogP contribution in [-0.2, 0) is 9.53 Å². The lowest BCUT2D eigenvalue weighted by molar-refractivity contribution is -0.130. The fourth-order valence-corrected chi connectivity index (χ4v) is 4.98. The van der Waals surface area contributed by atoms with E-state index in [1.165, 1.54) is 23.1 Å². The zero-order valence-corrected chi connectivity index (χ0v) is 20.3. The van der Waals surface area contributed by atoms with Gasteiger partial charge in [-0.15, -0.1) is 10.2 Å². The molecule has 2 aromatic carbocycles. The van der Waals surface area contributed by atoms with Gasteiger partial charge in [0.15, 0.2) is 4.34 Å². The average Bonchev–Trinajstić information content (AvgIpc) is 3.51. The number of aromatic nitrogens is 2. The Labute approximate surface area is 205 Å². The highest BCUT2D eigenvalue weighted by atomic mass is 32.2. The van der Waals surface area contributed by atoms with Crippen LogP contribution in [0.5, 0.6) is 5.75 Å². The molecule has 3 aromatic rings. The molecule has 1 unspecified atom stereocenters. The van der Waals surface area contributed by atoms with Crippen LogP contribution in [0.15, 0.2) is 64.0 Å². The van der Waals surface area contributed by atoms with E-state index in [2.05, 4.69) is 20.6 Å². The molecule has 2 heterocycles. The Morgan fingerprint density at radius 1 is 1.15 bits per heavy atom. The number of carbonyl (C=O) groups is 2. The lowest BCUT2D eigenvalue weighted by Gasteiger charge is -2.22. The zero-order chi connectivity index (χ0) is 23.9. The summed E-state index contributed by atoms with van der Waals surface area (Å²) in [4.78, 5) is 24.7. The maximum atomic E-state index is 13.2. The molecule has 2 amide bonds. The largest absolute Gasteiger partial charge is 0.497 e. The third-order valence-electron chi connectivity index (χ3n) is 4.98. The SMILES string of the molecule is CCOC(=O)Nc1nnc(SCC(=O)N2N=C(c3ccccc3)CC2c2ccc(OC)cc2)s1. The predicted octanol–water partition coefficient (Wildman–Crippen LogP) is 4.59. The van der Waals surface area contributed by atoms with Crippen LogP contribution in [0.25, 0.3) is 0 Å². The van der Waals surface area contributed by atoms with E-state index in [9.17, 15) is 9.59 Å². The number of rotatable bonds is 8. The van der Waals surface area contributed by atoms with Crippen molar-refractivity contribution in [3.05, 3.63) is 65.7 Å². The van der Waals surface area contributed by atoms with Crippen LogP contribution in [0.3, 0.4) is 0 Å². The monoisotopic (exact) mass is 497 g/mol. The Bertz CT molecular complexity index is 1170. The van der Waals surface area contributed by atoms with Crippen molar-refractivity contribution in [1.29, 1.82) is 0 Å². The molecule has 0 spiro atoms. The van der Waals surface area contributed by atoms with E-state index >= 15 is 0 Å². The Morgan fingerprint density at radius 2 is 1.91 bits per heavy atom. The van der Waals surface area contributed by atoms with E-state index in [0.717, 1.165) is 22.6 Å². The van der Waals surface area contributed by atoms with E-state index in [1.807, 2.05) is 54.6 Å². The highest BCUT2D eigenvalue weighted by Gasteiger charge is 2.33. The van der Waals surface area contributed by atoms with Gasteiger partial charge in [0.25, 0.3) is 5.91 Å². The molecule has 1 atom stereocenters. The van der Waals surface area contributed by atoms with Crippen LogP contribution >= 0.6 is 23.1 Å². The molecule has 0 fully saturated rings. The minimum atomic E-state index is -0.589. The van der Waals surface area contributed by atoms with Crippen LogP contribution in [0.2, 0.25) is 0 Å². The van der Waals surface area contributed by atoms with Gasteiger partial charge in [-0.1, -0.05) is 65.6 Å². The smallest absolute Gasteiger partial charge is 0.413 e. The van der Waals surface area contributed by atoms with Gasteiger partial charge in [-0.2, -0.15) is 5.10 Å². The fourth-order valence-electron chi connectivity index (χ4n) is 3.39. The average molecular weight is 498 g/mol. The first kappa shape index (κ1) is 23.7. The highest BCUT2D eigenvalue weighted by molar-refractivity contribution is 8.01. The highest BCUT2D eigenvalue weighted by Crippen LogP contribution is 2.35. The number of amides is 2. The quantitative estimate of drug-likeness (QED) is 0.358. The van der Waals surface area contributed by atoms with E-state index in [-0.39, 0.29) is 24.3 Å². The topological polar surface area (TPSA) is 106 Å². The third kappa shape index (κ3) is 5.72. The number of carbonyl (C=O) groups excluding carboxylic acids is 2. The second-order valence-corrected chi connectivity index (χ2v) is 9.35. The summed E-state index contributed by atoms with van der Waals surface area (Å²) < 4.78 is 10.7. The Hall–Kier alpha value is -3.44. The second kappa shape index (κ2) is 11.1. The predicted molar refractivity (Wildman–Crippen MR) is 131 cm³/mol. The molecule has 0 aliphatic carbocycles. The lowest BCUT2D eigenvalue weighted by Crippen LogP contribution is -2.28. The number of benzene rings is 2. The van der Waals surface area contributed by atoms with Gasteiger partial charge in [-0.05, 0) is 30.2 Å². The van der Waals surface area contributed by atoms with Gasteiger partial charge >= 0.3 is 6.09 Å². The molecule has 9 nitrogen and oxygen atoms in total. The van der Waals surface area contributed by atoms with Gasteiger partial charge < -0.3 is 9.47 Å². The van der Waals surface area contributed by atoms with Crippen LogP contribution in [-0.4, -0.2) is 52.4 Å². The molecule has 176 valence electrons. The Balaban J connectivity index is 1.47. The number of nitrogens with one attached hydrogen (secondary N) is 1. The van der Waals surface area contributed by atoms with Crippen LogP contribution in [0.4, 0.5) is 9.93 Å². The summed E-state index contributed by atoms with van der Waals surface area (Å²) in [7, 11) is 1.62. The Kier molecular flexibility index (Phi) is 7.76. The molecule has 1 aliphatic heterocycles. The van der Waals surface area contributed by atoms with Crippen molar-refractivity contribution >= 4 is 45.9 Å². The number of hydrogen-bond donors (Lipinski definition) is 1. The third-order valence-corrected chi connectivity index (χ3v) is 6.94. The van der Waals surface area contributed by atoms with Crippen molar-refractivity contribution in [2.24, 2.45) is 5.10 Å². The zero-order valence-electron chi connectivity index (χ0n) is 18.6. The first-order valence-corrected chi connectivity index (χ1v) is 12.4. The molecule has 11 heteroatoms. The summed E-state index contributed by atoms with van der Waals surface area (Å²) in [6, 6.07) is 17.3. The fraction of sp³-hybridized carbons (Fsp3) is 0.261. The molecule has 4 rings (SSSR count). The van der Waals surface area contributed by atoms with Gasteiger partial charge in [0.2, 0.25) is 5.13 Å². The van der Waals surface area contributed by atoms with Gasteiger partial charge in [-0.3, -0.25) is 10.1 Å². The maximum Gasteiger partial charge on any atom is 0.413 e. The van der Waals surface area contributed by atoms with Crippen molar-refractivity contribution < 1.29 is 19.1 Å². The molecule has 34 heavy (non-hydrogen) atoms. The number of ether oxygens (including phenoxy) is 2. The number of thioether (sulfide) groups is 1. The van der Waals surface area contributed by atoms with E-state index in [4.69, 9.17) is 9.47 Å². The molecule has 0 bridgehead atoms. The van der Waals surface area contributed by atoms with Crippen LogP contribution in [0.1, 0.15) is 30.5 Å². The standard InChI is InChI=1S/C23H23N5O4S2/c1-3-32-22(30)24-21-25-26-23(34-21)33-14-20(29)28-19(16-9-11-17(31-2)12-10-16)13-18(27-28)15-7-5-4-6-8-15/h4-12,19H,3,13-14H2,1-2H3,(H,24,25,30). The summed E-state index contributed by atoms with van der Waals surface area (Å²) in [6.45, 7) is 1.98. The lowest BCUT2D eigenvalue weighted by atomic mass is 9.98. The molecule has 1 N–H and O–H groups in total. The number of methoxy groups -OCH3 is 1. The van der Waals surface area contributed by atoms with Gasteiger partial charge in [-0.25, -0.2) is 9.80 Å². The molecule has 1 aliphatic rings. The number of anilines is 1. The first-order valence-electron chi connectivity index (χ1n) is 10.6. The van der Waals surface area contributed by atoms with Gasteiger partial charge in [0.05, 0.1) is 31.2 Å². The summed E-state index contributed by atoms with van der Waals surface area (Å²) in [6.07, 6.45) is 0.0209. The summed E-state index contributed by atoms with van der Waals surface area (Å²) in [5.41, 5.74) is 2.82. The van der Waals surface area contributed by atoms with E-state index in [0.29, 0.717) is 15.9 Å². The molecule has 0 saturated carbocycles. The minimum Gasteiger partial charge on any atom is -0.497 e. The molecular formula is C23H23N5O4S2. The molecule has 0 saturated heterocycles. The number of hydrazone groups is 1. The minimum absolute atomic E-state index is 0.131. The summed E-state index contributed by atoms with van der Waals surface area (Å²) in [5.74, 6) is 0.737. The maximum absolute atomic E-state index is 13.2. The van der Waals surface area contributed by atoms with Gasteiger partial charge in [0, 0.05) is 6.42 Å². The number of nitrogens with zero attached hydrogens (tertiary/aromatic N) is 4. The summed E-state index contributed by atoms with van der Waals surface area (Å²) in [5, 5.41) is 17.0. The van der Waals surface area contributed by atoms with Crippen molar-refractivity contribution in [2.45, 2.75) is 23.7 Å². The molecular weight excluding hydrogens is 474 g/mol. The van der Waals surface area contributed by atoms with Crippen LogP contribution in [0, 0.1) is 0 Å². The first-order chi connectivity index (χ1) is 16.6. The summed E-state index contributed by atoms with van der Waals surface area (Å²) >= 11 is 2.43. The molecule has 1 aromatic heterocycles. The van der Waals surface area contributed by atoms with E-state index < -0.39 is 6.09 Å². The van der Waals surface area contributed by atoms with Crippen molar-refractivity contribution in [2.75, 3.05) is 24.8 Å². The normalized spacial score (nSPS) is 15.1. The second-order valence-electron chi connectivity index (χ2n) is 7.15. The number of hydrogen-bond acceptors (Lipinski definition) is 9. The van der Waals surface area contributed by atoms with E-state index in [1.54, 1.807) is 19.0 Å². The Morgan fingerprint density at radius 3 is 2.62 bits per heavy atom. The van der Waals surface area contributed by atoms with Crippen molar-refractivity contribution in [3.63, 3.8) is 0 Å². The van der Waals surface area contributed by atoms with Crippen LogP contribution < -0.4 is 10.1 Å². The molecule has 0 radical (unpaired) electrons. The van der Waals surface area contributed by atoms with Crippen molar-refractivity contribution in [3.8, 4) is 5.75 Å². The van der Waals surface area contributed by atoms with Crippen molar-refractivity contribution in [1.82, 2.24) is 15.2 Å².